The van der Waals surface area contributed by atoms with Gasteiger partial charge in [-0.05, 0) is 18.9 Å². The first-order chi connectivity index (χ1) is 11.9. The van der Waals surface area contributed by atoms with Crippen molar-refractivity contribution in [1.29, 1.82) is 0 Å². The van der Waals surface area contributed by atoms with Crippen molar-refractivity contribution >= 4 is 10.0 Å². The maximum atomic E-state index is 12.9. The van der Waals surface area contributed by atoms with Crippen LogP contribution in [0.4, 0.5) is 0 Å². The van der Waals surface area contributed by atoms with E-state index in [0.717, 1.165) is 19.5 Å². The third kappa shape index (κ3) is 3.63. The van der Waals surface area contributed by atoms with Crippen molar-refractivity contribution in [3.63, 3.8) is 0 Å². The van der Waals surface area contributed by atoms with Gasteiger partial charge in [0.1, 0.15) is 0 Å². The van der Waals surface area contributed by atoms with E-state index in [0.29, 0.717) is 6.54 Å². The van der Waals surface area contributed by atoms with Crippen molar-refractivity contribution in [2.24, 2.45) is 7.05 Å². The first-order valence-corrected chi connectivity index (χ1v) is 10.2. The van der Waals surface area contributed by atoms with Gasteiger partial charge in [0.25, 0.3) is 10.0 Å². The molecule has 0 spiro atoms. The van der Waals surface area contributed by atoms with E-state index >= 15 is 0 Å². The molecule has 0 unspecified atom stereocenters. The lowest BCUT2D eigenvalue weighted by Gasteiger charge is -2.28. The minimum atomic E-state index is -3.55. The largest absolute Gasteiger partial charge is 0.339 e. The molecule has 0 aliphatic carbocycles. The summed E-state index contributed by atoms with van der Waals surface area (Å²) in [6.45, 7) is 6.17. The topological polar surface area (TPSA) is 58.4 Å². The molecular weight excluding hydrogens is 336 g/mol. The number of likely N-dealkylation sites (N-methyl/N-ethyl adjacent to an activating group) is 1. The van der Waals surface area contributed by atoms with Gasteiger partial charge in [-0.25, -0.2) is 13.4 Å². The van der Waals surface area contributed by atoms with Crippen LogP contribution in [0.1, 0.15) is 31.9 Å². The van der Waals surface area contributed by atoms with E-state index < -0.39 is 10.0 Å². The number of imidazole rings is 1. The molecule has 1 aromatic heterocycles. The monoisotopic (exact) mass is 362 g/mol. The lowest BCUT2D eigenvalue weighted by atomic mass is 10.1. The van der Waals surface area contributed by atoms with E-state index in [2.05, 4.69) is 28.9 Å². The van der Waals surface area contributed by atoms with E-state index in [1.54, 1.807) is 22.1 Å². The smallest absolute Gasteiger partial charge is 0.262 e. The second-order valence-electron chi connectivity index (χ2n) is 6.61. The fourth-order valence-electron chi connectivity index (χ4n) is 3.56. The Kier molecular flexibility index (Phi) is 5.27. The van der Waals surface area contributed by atoms with E-state index in [1.165, 1.54) is 11.9 Å². The molecule has 0 bridgehead atoms. The zero-order valence-corrected chi connectivity index (χ0v) is 15.9. The molecule has 1 aliphatic heterocycles. The maximum Gasteiger partial charge on any atom is 0.262 e. The molecule has 1 fully saturated rings. The Hall–Kier alpha value is -1.70. The number of nitrogens with zero attached hydrogens (tertiary/aromatic N) is 4. The second-order valence-corrected chi connectivity index (χ2v) is 8.45. The van der Waals surface area contributed by atoms with Crippen LogP contribution in [0, 0.1) is 0 Å². The molecule has 1 aromatic carbocycles. The number of aryl methyl sites for hydroxylation is 1. The Morgan fingerprint density at radius 3 is 2.64 bits per heavy atom. The summed E-state index contributed by atoms with van der Waals surface area (Å²) in [5.41, 5.74) is 1.26. The first kappa shape index (κ1) is 18.1. The Labute approximate surface area is 150 Å². The summed E-state index contributed by atoms with van der Waals surface area (Å²) in [7, 11) is -1.77. The van der Waals surface area contributed by atoms with Crippen LogP contribution in [0.3, 0.4) is 0 Å². The highest BCUT2D eigenvalue weighted by Gasteiger charge is 2.37. The lowest BCUT2D eigenvalue weighted by molar-refractivity contribution is 0.239. The van der Waals surface area contributed by atoms with Gasteiger partial charge in [0.05, 0.1) is 6.33 Å². The summed E-state index contributed by atoms with van der Waals surface area (Å²) in [6.07, 6.45) is 3.94. The molecule has 0 N–H and O–H groups in total. The summed E-state index contributed by atoms with van der Waals surface area (Å²) >= 11 is 0. The summed E-state index contributed by atoms with van der Waals surface area (Å²) in [5.74, 6) is 0. The van der Waals surface area contributed by atoms with Crippen LogP contribution in [0.25, 0.3) is 0 Å². The molecule has 2 atom stereocenters. The number of hydrogen-bond donors (Lipinski definition) is 0. The maximum absolute atomic E-state index is 12.9. The van der Waals surface area contributed by atoms with Crippen molar-refractivity contribution in [1.82, 2.24) is 18.8 Å². The summed E-state index contributed by atoms with van der Waals surface area (Å²) < 4.78 is 29.2. The number of sulfonamides is 1. The first-order valence-electron chi connectivity index (χ1n) is 8.72. The van der Waals surface area contributed by atoms with Gasteiger partial charge in [-0.15, -0.1) is 0 Å². The third-order valence-electron chi connectivity index (χ3n) is 5.00. The number of likely N-dealkylation sites (tertiary alicyclic amines) is 1. The van der Waals surface area contributed by atoms with E-state index in [1.807, 2.05) is 25.1 Å². The Morgan fingerprint density at radius 1 is 1.32 bits per heavy atom. The molecule has 1 saturated heterocycles. The quantitative estimate of drug-likeness (QED) is 0.791. The van der Waals surface area contributed by atoms with Crippen molar-refractivity contribution < 1.29 is 8.42 Å². The Morgan fingerprint density at radius 2 is 2.04 bits per heavy atom. The second kappa shape index (κ2) is 7.27. The molecule has 1 aliphatic rings. The highest BCUT2D eigenvalue weighted by Crippen LogP contribution is 2.28. The summed E-state index contributed by atoms with van der Waals surface area (Å²) in [4.78, 5) is 6.41. The molecule has 2 aromatic rings. The molecule has 3 rings (SSSR count). The number of aromatic nitrogens is 2. The highest BCUT2D eigenvalue weighted by molar-refractivity contribution is 7.89. The molecular formula is C18H26N4O2S. The van der Waals surface area contributed by atoms with E-state index in [9.17, 15) is 8.42 Å². The van der Waals surface area contributed by atoms with Gasteiger partial charge < -0.3 is 4.57 Å². The average molecular weight is 362 g/mol. The van der Waals surface area contributed by atoms with Gasteiger partial charge in [0, 0.05) is 45.0 Å². The number of hydrogen-bond acceptors (Lipinski definition) is 4. The van der Waals surface area contributed by atoms with Gasteiger partial charge in [0.15, 0.2) is 5.03 Å². The molecule has 0 saturated carbocycles. The highest BCUT2D eigenvalue weighted by atomic mass is 32.2. The summed E-state index contributed by atoms with van der Waals surface area (Å²) in [6, 6.07) is 10.6. The molecule has 7 heteroatoms. The average Bonchev–Trinajstić information content (AvgIpc) is 3.25. The molecule has 0 radical (unpaired) electrons. The SMILES string of the molecule is CCN([C@@H]1CCN([C@H](C)c2ccccc2)C1)S(=O)(=O)c1cn(C)cn1. The molecule has 6 nitrogen and oxygen atoms in total. The summed E-state index contributed by atoms with van der Waals surface area (Å²) in [5, 5.41) is 0.131. The molecule has 0 amide bonds. The zero-order valence-electron chi connectivity index (χ0n) is 15.0. The lowest BCUT2D eigenvalue weighted by Crippen LogP contribution is -2.42. The third-order valence-corrected chi connectivity index (χ3v) is 6.91. The van der Waals surface area contributed by atoms with E-state index in [4.69, 9.17) is 0 Å². The minimum absolute atomic E-state index is 0.0110. The number of benzene rings is 1. The van der Waals surface area contributed by atoms with Crippen LogP contribution in [0.5, 0.6) is 0 Å². The van der Waals surface area contributed by atoms with Crippen LogP contribution in [0.2, 0.25) is 0 Å². The number of rotatable bonds is 6. The van der Waals surface area contributed by atoms with Crippen LogP contribution in [-0.2, 0) is 17.1 Å². The standard InChI is InChI=1S/C18H26N4O2S/c1-4-22(25(23,24)18-13-20(3)14-19-18)17-10-11-21(12-17)15(2)16-8-6-5-7-9-16/h5-9,13-15,17H,4,10-12H2,1-3H3/t15-,17-/m1/s1. The van der Waals surface area contributed by atoms with Crippen LogP contribution in [0.15, 0.2) is 47.9 Å². The Bertz CT molecular complexity index is 803. The Balaban J connectivity index is 1.75. The van der Waals surface area contributed by atoms with Crippen molar-refractivity contribution in [2.45, 2.75) is 37.4 Å². The predicted molar refractivity (Wildman–Crippen MR) is 97.6 cm³/mol. The van der Waals surface area contributed by atoms with Crippen LogP contribution < -0.4 is 0 Å². The van der Waals surface area contributed by atoms with Gasteiger partial charge in [-0.2, -0.15) is 4.31 Å². The fourth-order valence-corrected chi connectivity index (χ4v) is 5.19. The fraction of sp³-hybridized carbons (Fsp3) is 0.500. The van der Waals surface area contributed by atoms with Gasteiger partial charge in [0.2, 0.25) is 0 Å². The normalized spacial score (nSPS) is 20.2. The zero-order chi connectivity index (χ0) is 18.0. The van der Waals surface area contributed by atoms with Gasteiger partial charge in [-0.3, -0.25) is 4.90 Å². The van der Waals surface area contributed by atoms with Crippen molar-refractivity contribution in [3.05, 3.63) is 48.4 Å². The van der Waals surface area contributed by atoms with E-state index in [-0.39, 0.29) is 17.1 Å². The van der Waals surface area contributed by atoms with Crippen molar-refractivity contribution in [3.8, 4) is 0 Å². The predicted octanol–water partition coefficient (Wildman–Crippen LogP) is 2.27. The van der Waals surface area contributed by atoms with Gasteiger partial charge >= 0.3 is 0 Å². The van der Waals surface area contributed by atoms with Crippen LogP contribution >= 0.6 is 0 Å². The van der Waals surface area contributed by atoms with Gasteiger partial charge in [-0.1, -0.05) is 37.3 Å². The molecule has 2 heterocycles. The van der Waals surface area contributed by atoms with Crippen molar-refractivity contribution in [2.75, 3.05) is 19.6 Å². The molecule has 136 valence electrons. The molecule has 25 heavy (non-hydrogen) atoms. The van der Waals surface area contributed by atoms with Crippen LogP contribution in [-0.4, -0.2) is 52.9 Å². The minimum Gasteiger partial charge on any atom is -0.339 e.